The minimum absolute atomic E-state index is 0.224. The molecule has 0 aliphatic carbocycles. The van der Waals surface area contributed by atoms with Crippen molar-refractivity contribution in [2.45, 2.75) is 48.0 Å². The molecular weight excluding hydrogens is 146 g/mol. The maximum Gasteiger partial charge on any atom is 0.0276 e. The predicted molar refractivity (Wildman–Crippen MR) is 56.9 cm³/mol. The molecule has 0 saturated carbocycles. The summed E-state index contributed by atoms with van der Waals surface area (Å²) in [5.74, 6) is 0. The second kappa shape index (κ2) is 3.59. The molecule has 1 nitrogen and oxygen atoms in total. The van der Waals surface area contributed by atoms with Crippen molar-refractivity contribution >= 4 is 5.71 Å². The van der Waals surface area contributed by atoms with Gasteiger partial charge in [0.1, 0.15) is 0 Å². The van der Waals surface area contributed by atoms with Crippen molar-refractivity contribution in [1.29, 1.82) is 0 Å². The van der Waals surface area contributed by atoms with Crippen molar-refractivity contribution in [1.82, 2.24) is 0 Å². The summed E-state index contributed by atoms with van der Waals surface area (Å²) in [6.45, 7) is 13.4. The van der Waals surface area contributed by atoms with Gasteiger partial charge in [-0.1, -0.05) is 41.5 Å². The molecular formula is C11H23N. The molecule has 0 N–H and O–H groups in total. The summed E-state index contributed by atoms with van der Waals surface area (Å²) < 4.78 is 0. The molecule has 72 valence electrons. The molecule has 0 aliphatic rings. The van der Waals surface area contributed by atoms with Gasteiger partial charge in [-0.15, -0.1) is 0 Å². The van der Waals surface area contributed by atoms with E-state index in [1.165, 1.54) is 5.71 Å². The fraction of sp³-hybridized carbons (Fsp3) is 0.909. The third kappa shape index (κ3) is 4.53. The standard InChI is InChI=1S/C11H23N/c1-10(2,3)8-9(12-7)11(4,5)6/h8H2,1-7H3. The van der Waals surface area contributed by atoms with Crippen molar-refractivity contribution in [2.75, 3.05) is 7.05 Å². The van der Waals surface area contributed by atoms with E-state index in [4.69, 9.17) is 0 Å². The first-order valence-corrected chi connectivity index (χ1v) is 4.63. The van der Waals surface area contributed by atoms with Crippen molar-refractivity contribution in [2.24, 2.45) is 15.8 Å². The summed E-state index contributed by atoms with van der Waals surface area (Å²) in [6, 6.07) is 0. The number of aliphatic imine (C=N–C) groups is 1. The Balaban J connectivity index is 4.43. The van der Waals surface area contributed by atoms with E-state index in [9.17, 15) is 0 Å². The van der Waals surface area contributed by atoms with Crippen LogP contribution in [0.15, 0.2) is 4.99 Å². The fourth-order valence-corrected chi connectivity index (χ4v) is 1.18. The number of nitrogens with zero attached hydrogens (tertiary/aromatic N) is 1. The van der Waals surface area contributed by atoms with Gasteiger partial charge in [-0.25, -0.2) is 0 Å². The van der Waals surface area contributed by atoms with Crippen molar-refractivity contribution in [3.05, 3.63) is 0 Å². The van der Waals surface area contributed by atoms with Crippen LogP contribution in [0.1, 0.15) is 48.0 Å². The van der Waals surface area contributed by atoms with Gasteiger partial charge in [-0.2, -0.15) is 0 Å². The first kappa shape index (κ1) is 11.7. The van der Waals surface area contributed by atoms with Crippen LogP contribution in [-0.4, -0.2) is 12.8 Å². The van der Waals surface area contributed by atoms with Crippen molar-refractivity contribution < 1.29 is 0 Å². The lowest BCUT2D eigenvalue weighted by Crippen LogP contribution is -2.25. The number of rotatable bonds is 1. The highest BCUT2D eigenvalue weighted by Gasteiger charge is 2.23. The van der Waals surface area contributed by atoms with Gasteiger partial charge in [-0.3, -0.25) is 4.99 Å². The van der Waals surface area contributed by atoms with E-state index in [0.29, 0.717) is 5.41 Å². The third-order valence-electron chi connectivity index (χ3n) is 1.83. The molecule has 0 atom stereocenters. The average Bonchev–Trinajstić information content (AvgIpc) is 1.78. The molecule has 0 rings (SSSR count). The van der Waals surface area contributed by atoms with Crippen LogP contribution in [-0.2, 0) is 0 Å². The lowest BCUT2D eigenvalue weighted by atomic mass is 9.79. The van der Waals surface area contributed by atoms with Crippen LogP contribution >= 0.6 is 0 Å². The second-order valence-corrected chi connectivity index (χ2v) is 5.66. The molecule has 0 saturated heterocycles. The molecule has 0 aromatic carbocycles. The quantitative estimate of drug-likeness (QED) is 0.532. The molecule has 0 aromatic rings. The van der Waals surface area contributed by atoms with Gasteiger partial charge >= 0.3 is 0 Å². The lowest BCUT2D eigenvalue weighted by Gasteiger charge is -2.27. The van der Waals surface area contributed by atoms with Crippen molar-refractivity contribution in [3.63, 3.8) is 0 Å². The molecule has 0 spiro atoms. The summed E-state index contributed by atoms with van der Waals surface area (Å²) in [5.41, 5.74) is 1.89. The first-order valence-electron chi connectivity index (χ1n) is 4.63. The van der Waals surface area contributed by atoms with Crippen LogP contribution in [0.2, 0.25) is 0 Å². The molecule has 0 bridgehead atoms. The molecule has 0 aliphatic heterocycles. The van der Waals surface area contributed by atoms with Crippen LogP contribution in [0.25, 0.3) is 0 Å². The Kier molecular flexibility index (Phi) is 3.49. The van der Waals surface area contributed by atoms with E-state index in [2.05, 4.69) is 46.5 Å². The van der Waals surface area contributed by atoms with Gasteiger partial charge < -0.3 is 0 Å². The molecule has 0 radical (unpaired) electrons. The van der Waals surface area contributed by atoms with Gasteiger partial charge in [0, 0.05) is 12.8 Å². The molecule has 12 heavy (non-hydrogen) atoms. The van der Waals surface area contributed by atoms with Gasteiger partial charge in [0.2, 0.25) is 0 Å². The zero-order valence-electron chi connectivity index (χ0n) is 9.65. The summed E-state index contributed by atoms with van der Waals surface area (Å²) in [4.78, 5) is 4.36. The van der Waals surface area contributed by atoms with Crippen LogP contribution in [0.4, 0.5) is 0 Å². The maximum atomic E-state index is 4.36. The van der Waals surface area contributed by atoms with E-state index in [1.807, 2.05) is 7.05 Å². The Morgan fingerprint density at radius 1 is 1.00 bits per heavy atom. The third-order valence-corrected chi connectivity index (χ3v) is 1.83. The van der Waals surface area contributed by atoms with E-state index in [-0.39, 0.29) is 5.41 Å². The number of hydrogen-bond donors (Lipinski definition) is 0. The van der Waals surface area contributed by atoms with Gasteiger partial charge in [0.15, 0.2) is 0 Å². The molecule has 0 unspecified atom stereocenters. The lowest BCUT2D eigenvalue weighted by molar-refractivity contribution is 0.413. The summed E-state index contributed by atoms with van der Waals surface area (Å²) in [7, 11) is 1.90. The second-order valence-electron chi connectivity index (χ2n) is 5.66. The zero-order valence-corrected chi connectivity index (χ0v) is 9.65. The largest absolute Gasteiger partial charge is 0.297 e. The molecule has 0 aromatic heterocycles. The van der Waals surface area contributed by atoms with E-state index < -0.39 is 0 Å². The average molecular weight is 169 g/mol. The fourth-order valence-electron chi connectivity index (χ4n) is 1.18. The molecule has 0 heterocycles. The Labute approximate surface area is 77.3 Å². The maximum absolute atomic E-state index is 4.36. The van der Waals surface area contributed by atoms with E-state index >= 15 is 0 Å². The van der Waals surface area contributed by atoms with Crippen molar-refractivity contribution in [3.8, 4) is 0 Å². The van der Waals surface area contributed by atoms with E-state index in [0.717, 1.165) is 6.42 Å². The zero-order chi connectivity index (χ0) is 9.99. The molecule has 0 fully saturated rings. The number of hydrogen-bond acceptors (Lipinski definition) is 1. The smallest absolute Gasteiger partial charge is 0.0276 e. The summed E-state index contributed by atoms with van der Waals surface area (Å²) >= 11 is 0. The summed E-state index contributed by atoms with van der Waals surface area (Å²) in [5, 5.41) is 0. The highest BCUT2D eigenvalue weighted by atomic mass is 14.7. The minimum Gasteiger partial charge on any atom is -0.297 e. The van der Waals surface area contributed by atoms with Crippen LogP contribution in [0, 0.1) is 10.8 Å². The van der Waals surface area contributed by atoms with Crippen LogP contribution in [0.5, 0.6) is 0 Å². The normalized spacial score (nSPS) is 15.1. The molecule has 1 heteroatoms. The first-order chi connectivity index (χ1) is 5.17. The van der Waals surface area contributed by atoms with Crippen LogP contribution in [0.3, 0.4) is 0 Å². The monoisotopic (exact) mass is 169 g/mol. The van der Waals surface area contributed by atoms with Crippen LogP contribution < -0.4 is 0 Å². The molecule has 0 amide bonds. The van der Waals surface area contributed by atoms with Gasteiger partial charge in [-0.05, 0) is 17.3 Å². The Morgan fingerprint density at radius 3 is 1.50 bits per heavy atom. The van der Waals surface area contributed by atoms with Gasteiger partial charge in [0.05, 0.1) is 0 Å². The Morgan fingerprint density at radius 2 is 1.42 bits per heavy atom. The van der Waals surface area contributed by atoms with E-state index in [1.54, 1.807) is 0 Å². The predicted octanol–water partition coefficient (Wildman–Crippen LogP) is 3.54. The highest BCUT2D eigenvalue weighted by molar-refractivity contribution is 5.89. The van der Waals surface area contributed by atoms with Gasteiger partial charge in [0.25, 0.3) is 0 Å². The summed E-state index contributed by atoms with van der Waals surface area (Å²) in [6.07, 6.45) is 1.09. The topological polar surface area (TPSA) is 12.4 Å². The Hall–Kier alpha value is -0.330. The SMILES string of the molecule is CN=C(CC(C)(C)C)C(C)(C)C. The Bertz CT molecular complexity index is 164. The highest BCUT2D eigenvalue weighted by Crippen LogP contribution is 2.27. The minimum atomic E-state index is 0.224.